The van der Waals surface area contributed by atoms with Gasteiger partial charge in [-0.25, -0.2) is 0 Å². The summed E-state index contributed by atoms with van der Waals surface area (Å²) in [6, 6.07) is 12.6. The van der Waals surface area contributed by atoms with Crippen LogP contribution in [0.2, 0.25) is 5.02 Å². The summed E-state index contributed by atoms with van der Waals surface area (Å²) in [4.78, 5) is 11.1. The Hall–Kier alpha value is -2.59. The highest BCUT2D eigenvalue weighted by Crippen LogP contribution is 2.55. The Bertz CT molecular complexity index is 919. The fraction of sp³-hybridized carbons (Fsp3) is 0.158. The molecule has 5 heteroatoms. The van der Waals surface area contributed by atoms with Crippen molar-refractivity contribution in [2.45, 2.75) is 18.4 Å². The first-order chi connectivity index (χ1) is 11.5. The number of hydrogen-bond acceptors (Lipinski definition) is 3. The minimum atomic E-state index is -0.583. The molecule has 2 unspecified atom stereocenters. The number of allylic oxidation sites excluding steroid dienone is 2. The molecule has 2 aromatic carbocycles. The number of rotatable bonds is 2. The fourth-order valence-electron chi connectivity index (χ4n) is 3.64. The van der Waals surface area contributed by atoms with Crippen LogP contribution in [0.25, 0.3) is 5.57 Å². The second-order valence-corrected chi connectivity index (χ2v) is 6.54. The summed E-state index contributed by atoms with van der Waals surface area (Å²) in [7, 11) is 0. The average molecular weight is 340 g/mol. The van der Waals surface area contributed by atoms with Crippen LogP contribution in [0.3, 0.4) is 0 Å². The average Bonchev–Trinajstić information content (AvgIpc) is 2.86. The molecule has 4 rings (SSSR count). The predicted molar refractivity (Wildman–Crippen MR) is 93.4 cm³/mol. The van der Waals surface area contributed by atoms with E-state index in [2.05, 4.69) is 0 Å². The number of nitro benzene ring substituents is 1. The van der Waals surface area contributed by atoms with Crippen LogP contribution in [0.4, 0.5) is 5.69 Å². The summed E-state index contributed by atoms with van der Waals surface area (Å²) >= 11 is 6.36. The van der Waals surface area contributed by atoms with Crippen molar-refractivity contribution in [3.63, 3.8) is 0 Å². The van der Waals surface area contributed by atoms with E-state index in [0.29, 0.717) is 10.6 Å². The van der Waals surface area contributed by atoms with Crippen LogP contribution in [-0.4, -0.2) is 10.5 Å². The lowest BCUT2D eigenvalue weighted by Gasteiger charge is -2.32. The van der Waals surface area contributed by atoms with E-state index >= 15 is 0 Å². The van der Waals surface area contributed by atoms with Crippen molar-refractivity contribution in [2.24, 2.45) is 0 Å². The molecule has 0 spiro atoms. The minimum Gasteiger partial charge on any atom is -0.482 e. The van der Waals surface area contributed by atoms with Crippen LogP contribution in [0.5, 0.6) is 5.75 Å². The summed E-state index contributed by atoms with van der Waals surface area (Å²) in [5, 5.41) is 11.9. The van der Waals surface area contributed by atoms with Crippen molar-refractivity contribution < 1.29 is 9.66 Å². The molecule has 2 aliphatic rings. The molecule has 4 nitrogen and oxygen atoms in total. The highest BCUT2D eigenvalue weighted by atomic mass is 35.5. The Morgan fingerprint density at radius 2 is 2.00 bits per heavy atom. The van der Waals surface area contributed by atoms with Gasteiger partial charge < -0.3 is 4.74 Å². The zero-order valence-electron chi connectivity index (χ0n) is 12.9. The predicted octanol–water partition coefficient (Wildman–Crippen LogP) is 5.14. The summed E-state index contributed by atoms with van der Waals surface area (Å²) in [5.41, 5.74) is 1.72. The van der Waals surface area contributed by atoms with Gasteiger partial charge in [0.05, 0.1) is 21.4 Å². The maximum Gasteiger partial charge on any atom is 0.278 e. The number of nitro groups is 1. The van der Waals surface area contributed by atoms with E-state index in [9.17, 15) is 10.1 Å². The van der Waals surface area contributed by atoms with E-state index in [1.165, 1.54) is 6.07 Å². The molecule has 1 aliphatic heterocycles. The number of halogens is 1. The standard InChI is InChI=1S/C19H14ClNO3/c1-19-11-5-7-13(17-14(20)8-4-9-15(17)21(22)23)18(19)12-6-2-3-10-16(12)24-19/h2-11,18H,1H3. The van der Waals surface area contributed by atoms with E-state index < -0.39 is 5.60 Å². The lowest BCUT2D eigenvalue weighted by atomic mass is 9.74. The first-order valence-corrected chi connectivity index (χ1v) is 8.00. The van der Waals surface area contributed by atoms with Gasteiger partial charge in [-0.1, -0.05) is 48.0 Å². The molecule has 2 atom stereocenters. The van der Waals surface area contributed by atoms with E-state index in [4.69, 9.17) is 16.3 Å². The van der Waals surface area contributed by atoms with Crippen LogP contribution in [0.1, 0.15) is 24.0 Å². The third-order valence-corrected chi connectivity index (χ3v) is 4.94. The van der Waals surface area contributed by atoms with Crippen LogP contribution in [-0.2, 0) is 0 Å². The molecule has 2 aromatic rings. The first kappa shape index (κ1) is 15.0. The van der Waals surface area contributed by atoms with Gasteiger partial charge in [-0.05, 0) is 30.7 Å². The molecule has 0 saturated heterocycles. The van der Waals surface area contributed by atoms with E-state index in [-0.39, 0.29) is 16.5 Å². The number of para-hydroxylation sites is 1. The Balaban J connectivity index is 1.96. The molecule has 120 valence electrons. The lowest BCUT2D eigenvalue weighted by molar-refractivity contribution is -0.385. The Labute approximate surface area is 144 Å². The van der Waals surface area contributed by atoms with Gasteiger partial charge in [0.1, 0.15) is 11.4 Å². The van der Waals surface area contributed by atoms with Crippen molar-refractivity contribution in [1.82, 2.24) is 0 Å². The van der Waals surface area contributed by atoms with Gasteiger partial charge >= 0.3 is 0 Å². The molecule has 1 aliphatic carbocycles. The Morgan fingerprint density at radius 3 is 2.79 bits per heavy atom. The molecule has 0 aromatic heterocycles. The molecule has 24 heavy (non-hydrogen) atoms. The molecule has 0 saturated carbocycles. The van der Waals surface area contributed by atoms with Crippen molar-refractivity contribution >= 4 is 22.9 Å². The molecule has 0 fully saturated rings. The van der Waals surface area contributed by atoms with Crippen LogP contribution < -0.4 is 4.74 Å². The highest BCUT2D eigenvalue weighted by Gasteiger charge is 2.47. The van der Waals surface area contributed by atoms with Crippen molar-refractivity contribution in [3.05, 3.63) is 87.0 Å². The van der Waals surface area contributed by atoms with Crippen LogP contribution in [0, 0.1) is 10.1 Å². The SMILES string of the molecule is CC12C=CC=C(c3c(Cl)cccc3[N+](=O)[O-])C1c1ccccc1O2. The molecule has 0 radical (unpaired) electrons. The zero-order chi connectivity index (χ0) is 16.9. The largest absolute Gasteiger partial charge is 0.482 e. The van der Waals surface area contributed by atoms with Gasteiger partial charge in [-0.2, -0.15) is 0 Å². The van der Waals surface area contributed by atoms with Gasteiger partial charge in [-0.15, -0.1) is 0 Å². The molecule has 0 amide bonds. The number of hydrogen-bond donors (Lipinski definition) is 0. The summed E-state index contributed by atoms with van der Waals surface area (Å²) < 4.78 is 6.15. The monoisotopic (exact) mass is 339 g/mol. The molecular formula is C19H14ClNO3. The second kappa shape index (κ2) is 5.21. The summed E-state index contributed by atoms with van der Waals surface area (Å²) in [5.74, 6) is 0.662. The fourth-order valence-corrected chi connectivity index (χ4v) is 3.92. The maximum absolute atomic E-state index is 11.5. The van der Waals surface area contributed by atoms with Gasteiger partial charge in [0.15, 0.2) is 0 Å². The molecule has 0 N–H and O–H groups in total. The normalized spacial score (nSPS) is 23.9. The first-order valence-electron chi connectivity index (χ1n) is 7.62. The zero-order valence-corrected chi connectivity index (χ0v) is 13.7. The smallest absolute Gasteiger partial charge is 0.278 e. The number of benzene rings is 2. The van der Waals surface area contributed by atoms with Crippen LogP contribution >= 0.6 is 11.6 Å². The summed E-state index contributed by atoms with van der Waals surface area (Å²) in [6.45, 7) is 1.99. The van der Waals surface area contributed by atoms with Crippen molar-refractivity contribution in [1.29, 1.82) is 0 Å². The van der Waals surface area contributed by atoms with Gasteiger partial charge in [0.2, 0.25) is 0 Å². The van der Waals surface area contributed by atoms with E-state index in [0.717, 1.165) is 16.9 Å². The Morgan fingerprint density at radius 1 is 1.21 bits per heavy atom. The van der Waals surface area contributed by atoms with Crippen LogP contribution in [0.15, 0.2) is 60.7 Å². The third kappa shape index (κ3) is 2.07. The number of fused-ring (bicyclic) bond motifs is 3. The number of nitrogens with zero attached hydrogens (tertiary/aromatic N) is 1. The Kier molecular flexibility index (Phi) is 3.25. The van der Waals surface area contributed by atoms with E-state index in [1.54, 1.807) is 12.1 Å². The molecular weight excluding hydrogens is 326 g/mol. The molecule has 0 bridgehead atoms. The minimum absolute atomic E-state index is 0.00998. The number of ether oxygens (including phenoxy) is 1. The highest BCUT2D eigenvalue weighted by molar-refractivity contribution is 6.33. The van der Waals surface area contributed by atoms with Gasteiger partial charge in [-0.3, -0.25) is 10.1 Å². The second-order valence-electron chi connectivity index (χ2n) is 6.13. The van der Waals surface area contributed by atoms with Crippen molar-refractivity contribution in [3.8, 4) is 5.75 Å². The summed E-state index contributed by atoms with van der Waals surface area (Å²) in [6.07, 6.45) is 5.76. The molecule has 1 heterocycles. The van der Waals surface area contributed by atoms with Gasteiger partial charge in [0, 0.05) is 11.6 Å². The van der Waals surface area contributed by atoms with E-state index in [1.807, 2.05) is 49.4 Å². The van der Waals surface area contributed by atoms with Gasteiger partial charge in [0.25, 0.3) is 5.69 Å². The van der Waals surface area contributed by atoms with Crippen molar-refractivity contribution in [2.75, 3.05) is 0 Å². The quantitative estimate of drug-likeness (QED) is 0.562. The third-order valence-electron chi connectivity index (χ3n) is 4.62. The topological polar surface area (TPSA) is 52.4 Å². The maximum atomic E-state index is 11.5. The lowest BCUT2D eigenvalue weighted by Crippen LogP contribution is -2.34.